The number of aliphatic hydroxyl groups is 1. The van der Waals surface area contributed by atoms with Crippen molar-refractivity contribution in [2.45, 2.75) is 51.2 Å². The van der Waals surface area contributed by atoms with Gasteiger partial charge in [-0.1, -0.05) is 33.1 Å². The van der Waals surface area contributed by atoms with E-state index in [1.54, 1.807) is 12.2 Å². The summed E-state index contributed by atoms with van der Waals surface area (Å²) in [6.45, 7) is 11.5. The van der Waals surface area contributed by atoms with Crippen LogP contribution in [0.2, 0.25) is 0 Å². The quantitative estimate of drug-likeness (QED) is 0.737. The van der Waals surface area contributed by atoms with E-state index < -0.39 is 6.10 Å². The molecule has 16 heavy (non-hydrogen) atoms. The molecule has 2 heteroatoms. The molecule has 0 aromatic rings. The van der Waals surface area contributed by atoms with Crippen molar-refractivity contribution in [1.29, 1.82) is 0 Å². The lowest BCUT2D eigenvalue weighted by molar-refractivity contribution is -0.104. The van der Waals surface area contributed by atoms with Crippen molar-refractivity contribution in [2.24, 2.45) is 0 Å². The molecule has 1 aliphatic carbocycles. The average Bonchev–Trinajstić information content (AvgIpc) is 2.25. The molecule has 1 saturated heterocycles. The molecule has 0 aromatic carbocycles. The van der Waals surface area contributed by atoms with Crippen molar-refractivity contribution in [2.75, 3.05) is 0 Å². The molecule has 1 atom stereocenters. The Labute approximate surface area is 98.3 Å². The van der Waals surface area contributed by atoms with Crippen molar-refractivity contribution in [3.8, 4) is 0 Å². The SMILES string of the molecule is C=C/C=C1/OC2(CCC2)CC(O)C1=C.CC. The maximum atomic E-state index is 9.82. The summed E-state index contributed by atoms with van der Waals surface area (Å²) in [5, 5.41) is 9.82. The van der Waals surface area contributed by atoms with E-state index in [1.165, 1.54) is 6.42 Å². The Morgan fingerprint density at radius 1 is 1.44 bits per heavy atom. The van der Waals surface area contributed by atoms with Crippen molar-refractivity contribution in [3.63, 3.8) is 0 Å². The van der Waals surface area contributed by atoms with Gasteiger partial charge >= 0.3 is 0 Å². The molecule has 1 saturated carbocycles. The highest BCUT2D eigenvalue weighted by Gasteiger charge is 2.45. The van der Waals surface area contributed by atoms with Crippen LogP contribution in [0.25, 0.3) is 0 Å². The maximum Gasteiger partial charge on any atom is 0.125 e. The van der Waals surface area contributed by atoms with Gasteiger partial charge in [0.15, 0.2) is 0 Å². The van der Waals surface area contributed by atoms with Crippen molar-refractivity contribution >= 4 is 0 Å². The predicted molar refractivity (Wildman–Crippen MR) is 67.1 cm³/mol. The maximum absolute atomic E-state index is 9.82. The fraction of sp³-hybridized carbons (Fsp3) is 0.571. The summed E-state index contributed by atoms with van der Waals surface area (Å²) in [6.07, 6.45) is 6.99. The molecule has 90 valence electrons. The third-order valence-corrected chi connectivity index (χ3v) is 3.14. The monoisotopic (exact) mass is 222 g/mol. The average molecular weight is 222 g/mol. The zero-order valence-corrected chi connectivity index (χ0v) is 10.3. The van der Waals surface area contributed by atoms with Crippen LogP contribution in [0.5, 0.6) is 0 Å². The van der Waals surface area contributed by atoms with E-state index >= 15 is 0 Å². The van der Waals surface area contributed by atoms with Gasteiger partial charge in [-0.3, -0.25) is 0 Å². The second kappa shape index (κ2) is 5.35. The fourth-order valence-electron chi connectivity index (χ4n) is 2.11. The van der Waals surface area contributed by atoms with Gasteiger partial charge in [-0.05, 0) is 25.3 Å². The first-order valence-corrected chi connectivity index (χ1v) is 6.06. The highest BCUT2D eigenvalue weighted by atomic mass is 16.5. The van der Waals surface area contributed by atoms with Gasteiger partial charge in [0.2, 0.25) is 0 Å². The molecule has 0 radical (unpaired) electrons. The summed E-state index contributed by atoms with van der Waals surface area (Å²) < 4.78 is 5.86. The lowest BCUT2D eigenvalue weighted by Crippen LogP contribution is -2.47. The Balaban J connectivity index is 0.000000606. The van der Waals surface area contributed by atoms with Gasteiger partial charge in [0.1, 0.15) is 11.4 Å². The standard InChI is InChI=1S/C12H16O2.C2H6/c1-3-5-11-9(2)10(13)8-12(14-11)6-4-7-12;1-2/h3,5,10,13H,1-2,4,6-8H2;1-2H3/b11-5+;. The smallest absolute Gasteiger partial charge is 0.125 e. The molecule has 0 bridgehead atoms. The van der Waals surface area contributed by atoms with Crippen LogP contribution in [0.1, 0.15) is 39.5 Å². The van der Waals surface area contributed by atoms with E-state index in [1.807, 2.05) is 13.8 Å². The third-order valence-electron chi connectivity index (χ3n) is 3.14. The first-order chi connectivity index (χ1) is 7.67. The molecule has 0 amide bonds. The Morgan fingerprint density at radius 3 is 2.50 bits per heavy atom. The molecule has 1 heterocycles. The van der Waals surface area contributed by atoms with E-state index in [2.05, 4.69) is 13.2 Å². The minimum atomic E-state index is -0.449. The predicted octanol–water partition coefficient (Wildman–Crippen LogP) is 3.34. The van der Waals surface area contributed by atoms with Crippen LogP contribution in [-0.2, 0) is 4.74 Å². The van der Waals surface area contributed by atoms with Crippen LogP contribution in [0.3, 0.4) is 0 Å². The topological polar surface area (TPSA) is 29.5 Å². The lowest BCUT2D eigenvalue weighted by atomic mass is 9.73. The fourth-order valence-corrected chi connectivity index (χ4v) is 2.11. The van der Waals surface area contributed by atoms with Crippen molar-refractivity contribution in [1.82, 2.24) is 0 Å². The highest BCUT2D eigenvalue weighted by molar-refractivity contribution is 5.33. The van der Waals surface area contributed by atoms with Crippen LogP contribution in [0, 0.1) is 0 Å². The van der Waals surface area contributed by atoms with Crippen LogP contribution >= 0.6 is 0 Å². The summed E-state index contributed by atoms with van der Waals surface area (Å²) >= 11 is 0. The summed E-state index contributed by atoms with van der Waals surface area (Å²) in [4.78, 5) is 0. The van der Waals surface area contributed by atoms with Crippen molar-refractivity contribution in [3.05, 3.63) is 36.6 Å². The Hall–Kier alpha value is -1.02. The normalized spacial score (nSPS) is 28.8. The van der Waals surface area contributed by atoms with Gasteiger partial charge in [0.05, 0.1) is 6.10 Å². The minimum Gasteiger partial charge on any atom is -0.487 e. The van der Waals surface area contributed by atoms with Crippen molar-refractivity contribution < 1.29 is 9.84 Å². The Morgan fingerprint density at radius 2 is 2.06 bits per heavy atom. The van der Waals surface area contributed by atoms with E-state index in [4.69, 9.17) is 4.74 Å². The first-order valence-electron chi connectivity index (χ1n) is 6.06. The number of allylic oxidation sites excluding steroid dienone is 2. The highest BCUT2D eigenvalue weighted by Crippen LogP contribution is 2.46. The lowest BCUT2D eigenvalue weighted by Gasteiger charge is -2.47. The molecule has 2 fully saturated rings. The minimum absolute atomic E-state index is 0.102. The second-order valence-electron chi connectivity index (χ2n) is 4.15. The van der Waals surface area contributed by atoms with E-state index in [0.717, 1.165) is 12.8 Å². The molecule has 1 spiro atoms. The number of ether oxygens (including phenoxy) is 1. The van der Waals surface area contributed by atoms with Crippen LogP contribution < -0.4 is 0 Å². The molecule has 1 N–H and O–H groups in total. The number of hydrogen-bond donors (Lipinski definition) is 1. The second-order valence-corrected chi connectivity index (χ2v) is 4.15. The molecule has 1 unspecified atom stereocenters. The zero-order chi connectivity index (χ0) is 12.2. The van der Waals surface area contributed by atoms with Gasteiger partial charge < -0.3 is 9.84 Å². The molecular weight excluding hydrogens is 200 g/mol. The molecule has 1 aliphatic heterocycles. The van der Waals surface area contributed by atoms with Gasteiger partial charge in [-0.25, -0.2) is 0 Å². The molecule has 0 aromatic heterocycles. The van der Waals surface area contributed by atoms with Crippen LogP contribution in [-0.4, -0.2) is 16.8 Å². The number of aliphatic hydroxyl groups excluding tert-OH is 1. The summed E-state index contributed by atoms with van der Waals surface area (Å²) in [5.41, 5.74) is 0.581. The van der Waals surface area contributed by atoms with Crippen LogP contribution in [0.4, 0.5) is 0 Å². The Bertz CT molecular complexity index is 298. The van der Waals surface area contributed by atoms with E-state index in [0.29, 0.717) is 17.8 Å². The molecule has 2 aliphatic rings. The zero-order valence-electron chi connectivity index (χ0n) is 10.3. The summed E-state index contributed by atoms with van der Waals surface area (Å²) in [6, 6.07) is 0. The third kappa shape index (κ3) is 2.38. The van der Waals surface area contributed by atoms with E-state index in [9.17, 15) is 5.11 Å². The Kier molecular flexibility index (Phi) is 4.36. The molecule has 2 nitrogen and oxygen atoms in total. The number of hydrogen-bond acceptors (Lipinski definition) is 2. The van der Waals surface area contributed by atoms with Gasteiger partial charge in [0.25, 0.3) is 0 Å². The molecular formula is C14H22O2. The van der Waals surface area contributed by atoms with E-state index in [-0.39, 0.29) is 5.60 Å². The number of rotatable bonds is 1. The summed E-state index contributed by atoms with van der Waals surface area (Å²) in [5.74, 6) is 0.707. The molecule has 2 rings (SSSR count). The van der Waals surface area contributed by atoms with Crippen LogP contribution in [0.15, 0.2) is 36.6 Å². The van der Waals surface area contributed by atoms with Gasteiger partial charge in [0, 0.05) is 12.0 Å². The van der Waals surface area contributed by atoms with Gasteiger partial charge in [-0.15, -0.1) is 0 Å². The largest absolute Gasteiger partial charge is 0.487 e. The summed E-state index contributed by atoms with van der Waals surface area (Å²) in [7, 11) is 0. The van der Waals surface area contributed by atoms with Gasteiger partial charge in [-0.2, -0.15) is 0 Å². The first kappa shape index (κ1) is 13.0.